The molecule has 1 aromatic carbocycles. The summed E-state index contributed by atoms with van der Waals surface area (Å²) in [5.74, 6) is 0.0547. The molecule has 184 valence electrons. The highest BCUT2D eigenvalue weighted by Crippen LogP contribution is 2.45. The molecule has 1 fully saturated rings. The van der Waals surface area contributed by atoms with Crippen molar-refractivity contribution in [2.24, 2.45) is 0 Å². The average Bonchev–Trinajstić information content (AvgIpc) is 3.30. The summed E-state index contributed by atoms with van der Waals surface area (Å²) in [4.78, 5) is 28.7. The van der Waals surface area contributed by atoms with Crippen molar-refractivity contribution < 1.29 is 14.7 Å². The van der Waals surface area contributed by atoms with Gasteiger partial charge in [0.15, 0.2) is 0 Å². The largest absolute Gasteiger partial charge is 0.465 e. The third-order valence-electron chi connectivity index (χ3n) is 7.77. The van der Waals surface area contributed by atoms with Crippen molar-refractivity contribution in [2.75, 3.05) is 46.3 Å². The van der Waals surface area contributed by atoms with Gasteiger partial charge in [-0.25, -0.2) is 14.1 Å². The van der Waals surface area contributed by atoms with E-state index in [9.17, 15) is 14.7 Å². The molecule has 9 nitrogen and oxygen atoms in total. The number of benzene rings is 1. The molecule has 1 saturated heterocycles. The van der Waals surface area contributed by atoms with Crippen LogP contribution in [0, 0.1) is 0 Å². The Morgan fingerprint density at radius 2 is 1.97 bits per heavy atom. The highest BCUT2D eigenvalue weighted by molar-refractivity contribution is 5.89. The monoisotopic (exact) mass is 469 g/mol. The lowest BCUT2D eigenvalue weighted by molar-refractivity contribution is -0.129. The number of hydrogen-bond donors (Lipinski definition) is 2. The minimum atomic E-state index is -0.935. The number of nitrogens with one attached hydrogen (secondary N) is 1. The van der Waals surface area contributed by atoms with E-state index in [1.54, 1.807) is 6.92 Å². The zero-order valence-corrected chi connectivity index (χ0v) is 20.7. The summed E-state index contributed by atoms with van der Waals surface area (Å²) in [5.41, 5.74) is 3.77. The fraction of sp³-hybridized carbons (Fsp3) is 0.560. The van der Waals surface area contributed by atoms with E-state index in [4.69, 9.17) is 0 Å². The predicted octanol–water partition coefficient (Wildman–Crippen LogP) is 2.77. The van der Waals surface area contributed by atoms with Gasteiger partial charge in [-0.05, 0) is 31.5 Å². The molecule has 0 bridgehead atoms. The van der Waals surface area contributed by atoms with E-state index in [0.29, 0.717) is 13.0 Å². The minimum Gasteiger partial charge on any atom is -0.465 e. The van der Waals surface area contributed by atoms with Gasteiger partial charge in [0.1, 0.15) is 5.69 Å². The highest BCUT2D eigenvalue weighted by atomic mass is 16.4. The third-order valence-corrected chi connectivity index (χ3v) is 7.77. The second-order valence-corrected chi connectivity index (χ2v) is 9.62. The molecule has 0 radical (unpaired) electrons. The van der Waals surface area contributed by atoms with Crippen LogP contribution in [0.15, 0.2) is 30.6 Å². The van der Waals surface area contributed by atoms with E-state index >= 15 is 0 Å². The zero-order valence-electron chi connectivity index (χ0n) is 20.7. The molecule has 0 aliphatic carbocycles. The SMILES string of the molecule is CCN(C(=O)O)C1C[C@H](C)[N@+](C)(C(C)=O)c2ccc(-c3cnn(CCN4CCNCC4)c3)cc21. The van der Waals surface area contributed by atoms with Crippen LogP contribution in [0.3, 0.4) is 0 Å². The maximum absolute atomic E-state index is 12.8. The van der Waals surface area contributed by atoms with Gasteiger partial charge in [0.05, 0.1) is 38.8 Å². The standard InChI is InChI=1S/C25H36N6O3/c1-5-30(25(33)34)23-14-18(2)31(4,19(3)32)24-7-6-20(15-22(23)24)21-16-27-29(17-21)13-12-28-10-8-26-9-11-28/h6-7,15-18,23,26H,5,8-14H2,1-4H3/p+1/t18-,23?,31+/m0/s1. The molecule has 1 aromatic heterocycles. The molecule has 0 spiro atoms. The van der Waals surface area contributed by atoms with Crippen LogP contribution >= 0.6 is 0 Å². The van der Waals surface area contributed by atoms with Gasteiger partial charge in [0.25, 0.3) is 0 Å². The summed E-state index contributed by atoms with van der Waals surface area (Å²) in [7, 11) is 1.94. The van der Waals surface area contributed by atoms with Crippen LogP contribution in [-0.2, 0) is 11.3 Å². The van der Waals surface area contributed by atoms with Gasteiger partial charge in [-0.2, -0.15) is 5.10 Å². The number of carboxylic acid groups (broad SMARTS) is 1. The van der Waals surface area contributed by atoms with E-state index < -0.39 is 6.09 Å². The van der Waals surface area contributed by atoms with Gasteiger partial charge in [-0.15, -0.1) is 0 Å². The van der Waals surface area contributed by atoms with Crippen molar-refractivity contribution in [2.45, 2.75) is 45.8 Å². The number of piperazine rings is 1. The number of quaternary nitrogens is 1. The van der Waals surface area contributed by atoms with E-state index in [1.165, 1.54) is 4.90 Å². The van der Waals surface area contributed by atoms with Crippen LogP contribution in [0.2, 0.25) is 0 Å². The number of rotatable bonds is 6. The summed E-state index contributed by atoms with van der Waals surface area (Å²) in [6.45, 7) is 11.9. The molecule has 2 N–H and O–H groups in total. The average molecular weight is 470 g/mol. The second kappa shape index (κ2) is 9.85. The Hall–Kier alpha value is -2.75. The molecule has 2 aliphatic rings. The topological polar surface area (TPSA) is 90.7 Å². The summed E-state index contributed by atoms with van der Waals surface area (Å²) < 4.78 is 2.15. The van der Waals surface area contributed by atoms with E-state index in [0.717, 1.165) is 61.6 Å². The Morgan fingerprint density at radius 1 is 1.24 bits per heavy atom. The minimum absolute atomic E-state index is 0.0259. The Kier molecular flexibility index (Phi) is 7.06. The number of fused-ring (bicyclic) bond motifs is 1. The van der Waals surface area contributed by atoms with Crippen LogP contribution in [0.25, 0.3) is 11.1 Å². The Bertz CT molecular complexity index is 1050. The molecule has 2 aromatic rings. The molecular weight excluding hydrogens is 432 g/mol. The van der Waals surface area contributed by atoms with Crippen LogP contribution in [0.4, 0.5) is 10.5 Å². The summed E-state index contributed by atoms with van der Waals surface area (Å²) in [6, 6.07) is 5.78. The molecule has 34 heavy (non-hydrogen) atoms. The Morgan fingerprint density at radius 3 is 2.62 bits per heavy atom. The third kappa shape index (κ3) is 4.47. The first kappa shape index (κ1) is 24.4. The molecule has 9 heteroatoms. The smallest absolute Gasteiger partial charge is 0.407 e. The van der Waals surface area contributed by atoms with Crippen molar-refractivity contribution in [1.82, 2.24) is 29.4 Å². The quantitative estimate of drug-likeness (QED) is 0.633. The van der Waals surface area contributed by atoms with Gasteiger partial charge in [-0.1, -0.05) is 0 Å². The molecule has 2 aliphatic heterocycles. The van der Waals surface area contributed by atoms with E-state index in [2.05, 4.69) is 27.6 Å². The van der Waals surface area contributed by atoms with Crippen molar-refractivity contribution in [3.8, 4) is 11.1 Å². The molecule has 2 amide bonds. The van der Waals surface area contributed by atoms with Crippen LogP contribution in [-0.4, -0.2) is 89.0 Å². The van der Waals surface area contributed by atoms with Gasteiger partial charge in [0.2, 0.25) is 0 Å². The number of hydrogen-bond acceptors (Lipinski definition) is 5. The van der Waals surface area contributed by atoms with Crippen molar-refractivity contribution in [3.63, 3.8) is 0 Å². The molecule has 0 saturated carbocycles. The number of carbonyl (C=O) groups is 2. The predicted molar refractivity (Wildman–Crippen MR) is 133 cm³/mol. The first-order valence-corrected chi connectivity index (χ1v) is 12.2. The molecule has 3 heterocycles. The van der Waals surface area contributed by atoms with Crippen LogP contribution in [0.5, 0.6) is 0 Å². The van der Waals surface area contributed by atoms with Crippen molar-refractivity contribution >= 4 is 17.7 Å². The normalized spacial score (nSPS) is 25.1. The zero-order chi connectivity index (χ0) is 24.5. The van der Waals surface area contributed by atoms with E-state index in [1.807, 2.05) is 43.9 Å². The van der Waals surface area contributed by atoms with Crippen molar-refractivity contribution in [1.29, 1.82) is 0 Å². The highest BCUT2D eigenvalue weighted by Gasteiger charge is 2.47. The lowest BCUT2D eigenvalue weighted by atomic mass is 9.86. The first-order chi connectivity index (χ1) is 16.3. The molecule has 1 unspecified atom stereocenters. The number of carbonyl (C=O) groups excluding carboxylic acids is 1. The van der Waals surface area contributed by atoms with Crippen LogP contribution in [0.1, 0.15) is 38.8 Å². The maximum atomic E-state index is 12.8. The number of amides is 2. The van der Waals surface area contributed by atoms with E-state index in [-0.39, 0.29) is 22.5 Å². The molecule has 4 rings (SSSR count). The van der Waals surface area contributed by atoms with Crippen LogP contribution < -0.4 is 9.80 Å². The number of nitrogens with zero attached hydrogens (tertiary/aromatic N) is 5. The number of aromatic nitrogens is 2. The summed E-state index contributed by atoms with van der Waals surface area (Å²) in [5, 5.41) is 17.8. The van der Waals surface area contributed by atoms with Gasteiger partial charge < -0.3 is 15.3 Å². The summed E-state index contributed by atoms with van der Waals surface area (Å²) in [6.07, 6.45) is 3.58. The van der Waals surface area contributed by atoms with Crippen molar-refractivity contribution in [3.05, 3.63) is 36.2 Å². The van der Waals surface area contributed by atoms with Gasteiger partial charge in [-0.3, -0.25) is 9.58 Å². The maximum Gasteiger partial charge on any atom is 0.407 e. The fourth-order valence-electron chi connectivity index (χ4n) is 5.40. The fourth-order valence-corrected chi connectivity index (χ4v) is 5.40. The van der Waals surface area contributed by atoms with Gasteiger partial charge >= 0.3 is 12.0 Å². The Balaban J connectivity index is 1.66. The lowest BCUT2D eigenvalue weighted by Gasteiger charge is -2.45. The first-order valence-electron chi connectivity index (χ1n) is 12.2. The Labute approximate surface area is 201 Å². The van der Waals surface area contributed by atoms with Gasteiger partial charge in [0, 0.05) is 69.1 Å². The second-order valence-electron chi connectivity index (χ2n) is 9.62. The molecule has 3 atom stereocenters. The summed E-state index contributed by atoms with van der Waals surface area (Å²) >= 11 is 0. The molecular formula is C25H37N6O3+. The lowest BCUT2D eigenvalue weighted by Crippen LogP contribution is -2.60.